The number of benzene rings is 2. The zero-order valence-electron chi connectivity index (χ0n) is 13.9. The van der Waals surface area contributed by atoms with Crippen molar-refractivity contribution >= 4 is 28.4 Å². The lowest BCUT2D eigenvalue weighted by molar-refractivity contribution is -0.111. The maximum atomic E-state index is 13.4. The van der Waals surface area contributed by atoms with Crippen LogP contribution in [0, 0.1) is 5.82 Å². The van der Waals surface area contributed by atoms with E-state index in [1.54, 1.807) is 6.07 Å². The summed E-state index contributed by atoms with van der Waals surface area (Å²) >= 11 is 0. The van der Waals surface area contributed by atoms with Crippen LogP contribution in [0.15, 0.2) is 54.3 Å². The Morgan fingerprint density at radius 2 is 1.84 bits per heavy atom. The lowest BCUT2D eigenvalue weighted by atomic mass is 9.92. The number of hydrogen-bond acceptors (Lipinski definition) is 3. The van der Waals surface area contributed by atoms with Crippen LogP contribution in [0.1, 0.15) is 25.0 Å². The summed E-state index contributed by atoms with van der Waals surface area (Å²) in [6.07, 6.45) is 1.87. The molecule has 2 aliphatic rings. The molecule has 0 fully saturated rings. The molecular formula is C20H17FN2O2. The van der Waals surface area contributed by atoms with E-state index in [2.05, 4.69) is 5.32 Å². The molecule has 0 aromatic heterocycles. The molecule has 0 saturated carbocycles. The second-order valence-electron chi connectivity index (χ2n) is 6.68. The van der Waals surface area contributed by atoms with Crippen molar-refractivity contribution in [1.29, 1.82) is 0 Å². The van der Waals surface area contributed by atoms with Gasteiger partial charge in [-0.25, -0.2) is 4.39 Å². The van der Waals surface area contributed by atoms with Crippen molar-refractivity contribution < 1.29 is 13.9 Å². The number of fused-ring (bicyclic) bond motifs is 1. The molecule has 2 aromatic rings. The number of nitrogens with two attached hydrogens (primary N) is 1. The van der Waals surface area contributed by atoms with E-state index in [4.69, 9.17) is 10.5 Å². The van der Waals surface area contributed by atoms with E-state index < -0.39 is 11.4 Å². The van der Waals surface area contributed by atoms with E-state index in [1.807, 2.05) is 44.2 Å². The number of nitrogen functional groups attached to an aromatic ring is 1. The fourth-order valence-corrected chi connectivity index (χ4v) is 3.27. The second kappa shape index (κ2) is 5.21. The van der Waals surface area contributed by atoms with Crippen molar-refractivity contribution in [3.05, 3.63) is 71.2 Å². The van der Waals surface area contributed by atoms with Gasteiger partial charge in [0.15, 0.2) is 0 Å². The number of amides is 1. The van der Waals surface area contributed by atoms with Gasteiger partial charge in [0.25, 0.3) is 5.91 Å². The van der Waals surface area contributed by atoms with Crippen LogP contribution in [-0.4, -0.2) is 11.5 Å². The fraction of sp³-hybridized carbons (Fsp3) is 0.150. The molecule has 0 spiro atoms. The largest absolute Gasteiger partial charge is 0.482 e. The number of carbonyl (C=O) groups is 1. The van der Waals surface area contributed by atoms with Gasteiger partial charge < -0.3 is 15.8 Å². The van der Waals surface area contributed by atoms with Gasteiger partial charge in [0, 0.05) is 16.8 Å². The van der Waals surface area contributed by atoms with Gasteiger partial charge in [-0.1, -0.05) is 12.1 Å². The Kier molecular flexibility index (Phi) is 3.22. The van der Waals surface area contributed by atoms with E-state index in [1.165, 1.54) is 12.1 Å². The predicted octanol–water partition coefficient (Wildman–Crippen LogP) is 3.96. The molecule has 0 aliphatic carbocycles. The Morgan fingerprint density at radius 3 is 2.56 bits per heavy atom. The molecule has 4 nitrogen and oxygen atoms in total. The predicted molar refractivity (Wildman–Crippen MR) is 95.9 cm³/mol. The second-order valence-corrected chi connectivity index (χ2v) is 6.68. The van der Waals surface area contributed by atoms with E-state index >= 15 is 0 Å². The van der Waals surface area contributed by atoms with Gasteiger partial charge in [-0.2, -0.15) is 0 Å². The quantitative estimate of drug-likeness (QED) is 0.612. The Labute approximate surface area is 144 Å². The molecule has 0 saturated heterocycles. The minimum atomic E-state index is -0.596. The highest BCUT2D eigenvalue weighted by Crippen LogP contribution is 2.44. The van der Waals surface area contributed by atoms with Crippen LogP contribution in [0.4, 0.5) is 15.8 Å². The SMILES string of the molecule is CC1(C)OC(=C2C(=O)Nc3cc(F)ccc32)C=C1c1ccc(N)cc1. The van der Waals surface area contributed by atoms with Crippen LogP contribution < -0.4 is 11.1 Å². The first-order valence-corrected chi connectivity index (χ1v) is 7.98. The van der Waals surface area contributed by atoms with Gasteiger partial charge in [0.1, 0.15) is 17.2 Å². The number of halogens is 1. The first kappa shape index (κ1) is 15.4. The monoisotopic (exact) mass is 336 g/mol. The third-order valence-corrected chi connectivity index (χ3v) is 4.48. The first-order chi connectivity index (χ1) is 11.8. The summed E-state index contributed by atoms with van der Waals surface area (Å²) in [6.45, 7) is 3.89. The molecular weight excluding hydrogens is 319 g/mol. The van der Waals surface area contributed by atoms with Gasteiger partial charge in [-0.3, -0.25) is 4.79 Å². The molecule has 0 atom stereocenters. The smallest absolute Gasteiger partial charge is 0.260 e. The Hall–Kier alpha value is -3.08. The number of ether oxygens (including phenoxy) is 1. The first-order valence-electron chi connectivity index (χ1n) is 7.98. The number of hydrogen-bond donors (Lipinski definition) is 2. The molecule has 3 N–H and O–H groups in total. The summed E-state index contributed by atoms with van der Waals surface area (Å²) in [5.74, 6) is -0.197. The van der Waals surface area contributed by atoms with E-state index in [9.17, 15) is 9.18 Å². The molecule has 5 heteroatoms. The van der Waals surface area contributed by atoms with Gasteiger partial charge in [0.05, 0.1) is 11.3 Å². The average molecular weight is 336 g/mol. The Bertz CT molecular complexity index is 956. The molecule has 4 rings (SSSR count). The van der Waals surface area contributed by atoms with Crippen LogP contribution in [0.3, 0.4) is 0 Å². The van der Waals surface area contributed by atoms with Gasteiger partial charge in [-0.15, -0.1) is 0 Å². The Morgan fingerprint density at radius 1 is 1.12 bits per heavy atom. The Balaban J connectivity index is 1.86. The molecule has 25 heavy (non-hydrogen) atoms. The summed E-state index contributed by atoms with van der Waals surface area (Å²) in [5, 5.41) is 2.69. The fourth-order valence-electron chi connectivity index (χ4n) is 3.27. The number of anilines is 2. The van der Waals surface area contributed by atoms with E-state index in [0.717, 1.165) is 11.1 Å². The number of carbonyl (C=O) groups excluding carboxylic acids is 1. The summed E-state index contributed by atoms with van der Waals surface area (Å²) in [6, 6.07) is 11.8. The van der Waals surface area contributed by atoms with Crippen molar-refractivity contribution in [1.82, 2.24) is 0 Å². The van der Waals surface area contributed by atoms with Crippen LogP contribution in [0.5, 0.6) is 0 Å². The van der Waals surface area contributed by atoms with E-state index in [0.29, 0.717) is 28.3 Å². The third-order valence-electron chi connectivity index (χ3n) is 4.48. The van der Waals surface area contributed by atoms with Crippen LogP contribution in [0.2, 0.25) is 0 Å². The average Bonchev–Trinajstić information content (AvgIpc) is 3.03. The van der Waals surface area contributed by atoms with Crippen molar-refractivity contribution in [2.24, 2.45) is 0 Å². The number of rotatable bonds is 1. The molecule has 2 aliphatic heterocycles. The maximum absolute atomic E-state index is 13.4. The molecule has 0 unspecified atom stereocenters. The molecule has 2 aromatic carbocycles. The van der Waals surface area contributed by atoms with Crippen LogP contribution >= 0.6 is 0 Å². The normalized spacial score (nSPS) is 20.8. The molecule has 0 radical (unpaired) electrons. The minimum Gasteiger partial charge on any atom is -0.482 e. The topological polar surface area (TPSA) is 64.3 Å². The van der Waals surface area contributed by atoms with Gasteiger partial charge in [-0.05, 0) is 55.8 Å². The molecule has 1 amide bonds. The van der Waals surface area contributed by atoms with Gasteiger partial charge in [0.2, 0.25) is 0 Å². The van der Waals surface area contributed by atoms with Gasteiger partial charge >= 0.3 is 0 Å². The number of nitrogens with one attached hydrogen (secondary N) is 1. The molecule has 126 valence electrons. The maximum Gasteiger partial charge on any atom is 0.260 e. The lowest BCUT2D eigenvalue weighted by Gasteiger charge is -2.23. The molecule has 2 heterocycles. The zero-order chi connectivity index (χ0) is 17.8. The zero-order valence-corrected chi connectivity index (χ0v) is 13.9. The highest BCUT2D eigenvalue weighted by molar-refractivity contribution is 6.32. The van der Waals surface area contributed by atoms with Crippen molar-refractivity contribution in [2.45, 2.75) is 19.4 Å². The van der Waals surface area contributed by atoms with E-state index in [-0.39, 0.29) is 5.91 Å². The van der Waals surface area contributed by atoms with Crippen molar-refractivity contribution in [3.63, 3.8) is 0 Å². The van der Waals surface area contributed by atoms with Crippen LogP contribution in [-0.2, 0) is 9.53 Å². The van der Waals surface area contributed by atoms with Crippen molar-refractivity contribution in [2.75, 3.05) is 11.1 Å². The minimum absolute atomic E-state index is 0.291. The highest BCUT2D eigenvalue weighted by Gasteiger charge is 2.37. The lowest BCUT2D eigenvalue weighted by Crippen LogP contribution is -2.21. The highest BCUT2D eigenvalue weighted by atomic mass is 19.1. The van der Waals surface area contributed by atoms with Crippen LogP contribution in [0.25, 0.3) is 11.1 Å². The summed E-state index contributed by atoms with van der Waals surface area (Å²) in [7, 11) is 0. The summed E-state index contributed by atoms with van der Waals surface area (Å²) in [5.41, 5.74) is 9.32. The van der Waals surface area contributed by atoms with Crippen molar-refractivity contribution in [3.8, 4) is 0 Å². The third kappa shape index (κ3) is 2.48. The summed E-state index contributed by atoms with van der Waals surface area (Å²) in [4.78, 5) is 12.4. The standard InChI is InChI=1S/C20H17FN2O2/c1-20(2)15(11-3-6-13(22)7-4-11)10-17(25-20)18-14-8-5-12(21)9-16(14)23-19(18)24/h3-10H,22H2,1-2H3,(H,23,24). The summed E-state index contributed by atoms with van der Waals surface area (Å²) < 4.78 is 19.5. The number of allylic oxidation sites excluding steroid dienone is 1. The molecule has 0 bridgehead atoms.